The summed E-state index contributed by atoms with van der Waals surface area (Å²) < 4.78 is 7.11. The van der Waals surface area contributed by atoms with Crippen LogP contribution in [0.1, 0.15) is 0 Å². The zero-order valence-corrected chi connectivity index (χ0v) is 15.8. The molecule has 5 rings (SSSR count). The SMILES string of the molecule is Clc1ccc(-c2nnc3sc(-c4cc(-c5ccccc5)on4)nn23)c(Cl)c1. The van der Waals surface area contributed by atoms with Crippen molar-refractivity contribution < 1.29 is 4.52 Å². The van der Waals surface area contributed by atoms with Crippen molar-refractivity contribution in [2.45, 2.75) is 0 Å². The van der Waals surface area contributed by atoms with Gasteiger partial charge in [0.1, 0.15) is 5.69 Å². The van der Waals surface area contributed by atoms with Gasteiger partial charge in [0.15, 0.2) is 16.6 Å². The normalized spacial score (nSPS) is 11.3. The molecule has 0 atom stereocenters. The van der Waals surface area contributed by atoms with Gasteiger partial charge in [-0.25, -0.2) is 0 Å². The molecule has 0 amide bonds. The van der Waals surface area contributed by atoms with Crippen LogP contribution in [0, 0.1) is 0 Å². The first kappa shape index (κ1) is 16.4. The number of aromatic nitrogens is 5. The fourth-order valence-corrected chi connectivity index (χ4v) is 3.96. The second kappa shape index (κ2) is 6.45. The van der Waals surface area contributed by atoms with Gasteiger partial charge in [-0.2, -0.15) is 9.61 Å². The molecule has 2 aromatic carbocycles. The molecule has 3 aromatic heterocycles. The van der Waals surface area contributed by atoms with Crippen LogP contribution in [0.2, 0.25) is 10.0 Å². The summed E-state index contributed by atoms with van der Waals surface area (Å²) in [6.45, 7) is 0. The summed E-state index contributed by atoms with van der Waals surface area (Å²) in [5, 5.41) is 18.8. The topological polar surface area (TPSA) is 69.1 Å². The first-order valence-corrected chi connectivity index (χ1v) is 9.46. The van der Waals surface area contributed by atoms with Gasteiger partial charge in [0.2, 0.25) is 4.96 Å². The molecular weight excluding hydrogens is 405 g/mol. The van der Waals surface area contributed by atoms with Gasteiger partial charge in [-0.3, -0.25) is 0 Å². The van der Waals surface area contributed by atoms with Crippen molar-refractivity contribution in [2.24, 2.45) is 0 Å². The van der Waals surface area contributed by atoms with Gasteiger partial charge >= 0.3 is 0 Å². The predicted molar refractivity (Wildman–Crippen MR) is 105 cm³/mol. The zero-order chi connectivity index (χ0) is 18.4. The van der Waals surface area contributed by atoms with Crippen LogP contribution in [0.3, 0.4) is 0 Å². The number of benzene rings is 2. The molecule has 0 unspecified atom stereocenters. The van der Waals surface area contributed by atoms with Crippen LogP contribution in [0.15, 0.2) is 59.1 Å². The van der Waals surface area contributed by atoms with Crippen LogP contribution in [-0.2, 0) is 0 Å². The highest BCUT2D eigenvalue weighted by molar-refractivity contribution is 7.19. The Morgan fingerprint density at radius 3 is 2.63 bits per heavy atom. The third-order valence-electron chi connectivity index (χ3n) is 3.95. The standard InChI is InChI=1S/C18H9Cl2N5OS/c19-11-6-7-12(13(20)8-11)16-21-22-18-25(16)23-17(27-18)14-9-15(26-24-14)10-4-2-1-3-5-10/h1-9H. The lowest BCUT2D eigenvalue weighted by atomic mass is 10.2. The molecule has 6 nitrogen and oxygen atoms in total. The molecule has 0 N–H and O–H groups in total. The third kappa shape index (κ3) is 2.90. The van der Waals surface area contributed by atoms with E-state index in [1.807, 2.05) is 36.4 Å². The molecule has 0 aliphatic carbocycles. The van der Waals surface area contributed by atoms with Crippen molar-refractivity contribution in [2.75, 3.05) is 0 Å². The monoisotopic (exact) mass is 413 g/mol. The van der Waals surface area contributed by atoms with Gasteiger partial charge in [-0.05, 0) is 18.2 Å². The number of hydrogen-bond acceptors (Lipinski definition) is 6. The molecule has 0 aliphatic heterocycles. The van der Waals surface area contributed by atoms with Gasteiger partial charge < -0.3 is 4.52 Å². The second-order valence-corrected chi connectivity index (χ2v) is 7.49. The Labute approximate surface area is 167 Å². The van der Waals surface area contributed by atoms with Crippen molar-refractivity contribution in [3.05, 3.63) is 64.6 Å². The van der Waals surface area contributed by atoms with Crippen LogP contribution in [0.25, 0.3) is 38.4 Å². The molecule has 5 aromatic rings. The van der Waals surface area contributed by atoms with Crippen molar-refractivity contribution in [1.82, 2.24) is 25.0 Å². The van der Waals surface area contributed by atoms with Crippen molar-refractivity contribution in [1.29, 1.82) is 0 Å². The highest BCUT2D eigenvalue weighted by Gasteiger charge is 2.19. The summed E-state index contributed by atoms with van der Waals surface area (Å²) in [5.74, 6) is 1.22. The van der Waals surface area contributed by atoms with E-state index in [9.17, 15) is 0 Å². The Kier molecular flexibility index (Phi) is 3.93. The smallest absolute Gasteiger partial charge is 0.235 e. The van der Waals surface area contributed by atoms with Crippen LogP contribution in [0.5, 0.6) is 0 Å². The lowest BCUT2D eigenvalue weighted by Gasteiger charge is -2.00. The van der Waals surface area contributed by atoms with E-state index >= 15 is 0 Å². The van der Waals surface area contributed by atoms with E-state index in [4.69, 9.17) is 27.7 Å². The van der Waals surface area contributed by atoms with Crippen LogP contribution < -0.4 is 0 Å². The number of hydrogen-bond donors (Lipinski definition) is 0. The maximum Gasteiger partial charge on any atom is 0.235 e. The number of nitrogens with zero attached hydrogens (tertiary/aromatic N) is 5. The minimum absolute atomic E-state index is 0.485. The molecule has 27 heavy (non-hydrogen) atoms. The summed E-state index contributed by atoms with van der Waals surface area (Å²) in [6, 6.07) is 16.8. The van der Waals surface area contributed by atoms with Gasteiger partial charge in [0, 0.05) is 22.2 Å². The lowest BCUT2D eigenvalue weighted by molar-refractivity contribution is 0.435. The highest BCUT2D eigenvalue weighted by Crippen LogP contribution is 2.33. The Morgan fingerprint density at radius 1 is 0.963 bits per heavy atom. The lowest BCUT2D eigenvalue weighted by Crippen LogP contribution is -1.91. The number of fused-ring (bicyclic) bond motifs is 1. The predicted octanol–water partition coefficient (Wildman–Crippen LogP) is 5.48. The van der Waals surface area contributed by atoms with E-state index < -0.39 is 0 Å². The van der Waals surface area contributed by atoms with E-state index in [0.29, 0.717) is 42.9 Å². The summed E-state index contributed by atoms with van der Waals surface area (Å²) in [7, 11) is 0. The average Bonchev–Trinajstić information content (AvgIpc) is 3.38. The third-order valence-corrected chi connectivity index (χ3v) is 5.42. The van der Waals surface area contributed by atoms with E-state index in [1.54, 1.807) is 22.7 Å². The summed E-state index contributed by atoms with van der Waals surface area (Å²) in [4.78, 5) is 0.635. The Bertz CT molecular complexity index is 1260. The van der Waals surface area contributed by atoms with Crippen molar-refractivity contribution in [3.63, 3.8) is 0 Å². The fourth-order valence-electron chi connectivity index (χ4n) is 2.67. The van der Waals surface area contributed by atoms with Gasteiger partial charge in [0.25, 0.3) is 0 Å². The molecule has 0 saturated heterocycles. The Morgan fingerprint density at radius 2 is 1.81 bits per heavy atom. The maximum atomic E-state index is 6.30. The van der Waals surface area contributed by atoms with Gasteiger partial charge in [-0.1, -0.05) is 70.0 Å². The molecule has 9 heteroatoms. The Balaban J connectivity index is 1.57. The molecule has 0 bridgehead atoms. The van der Waals surface area contributed by atoms with Gasteiger partial charge in [0.05, 0.1) is 5.02 Å². The van der Waals surface area contributed by atoms with E-state index in [0.717, 1.165) is 5.56 Å². The van der Waals surface area contributed by atoms with Crippen LogP contribution in [0.4, 0.5) is 0 Å². The quantitative estimate of drug-likeness (QED) is 0.391. The molecule has 0 fully saturated rings. The minimum Gasteiger partial charge on any atom is -0.356 e. The number of rotatable bonds is 3. The zero-order valence-electron chi connectivity index (χ0n) is 13.5. The maximum absolute atomic E-state index is 6.30. The van der Waals surface area contributed by atoms with E-state index in [2.05, 4.69) is 20.5 Å². The molecule has 0 saturated carbocycles. The van der Waals surface area contributed by atoms with Crippen LogP contribution >= 0.6 is 34.5 Å². The highest BCUT2D eigenvalue weighted by atomic mass is 35.5. The molecule has 132 valence electrons. The second-order valence-electron chi connectivity index (χ2n) is 5.69. The first-order valence-electron chi connectivity index (χ1n) is 7.89. The molecule has 0 radical (unpaired) electrons. The minimum atomic E-state index is 0.485. The van der Waals surface area contributed by atoms with Crippen LogP contribution in [-0.4, -0.2) is 25.0 Å². The van der Waals surface area contributed by atoms with E-state index in [-0.39, 0.29) is 0 Å². The largest absolute Gasteiger partial charge is 0.356 e. The molecule has 3 heterocycles. The first-order chi connectivity index (χ1) is 13.2. The van der Waals surface area contributed by atoms with Crippen molar-refractivity contribution >= 4 is 39.5 Å². The number of halogens is 2. The average molecular weight is 414 g/mol. The molecule has 0 spiro atoms. The summed E-state index contributed by atoms with van der Waals surface area (Å²) in [6.07, 6.45) is 0. The Hall–Kier alpha value is -2.74. The molecular formula is C18H9Cl2N5OS. The van der Waals surface area contributed by atoms with E-state index in [1.165, 1.54) is 11.3 Å². The molecule has 0 aliphatic rings. The fraction of sp³-hybridized carbons (Fsp3) is 0. The summed E-state index contributed by atoms with van der Waals surface area (Å²) in [5.41, 5.74) is 2.29. The van der Waals surface area contributed by atoms with Crippen molar-refractivity contribution in [3.8, 4) is 33.4 Å². The van der Waals surface area contributed by atoms with Gasteiger partial charge in [-0.15, -0.1) is 10.2 Å². The summed E-state index contributed by atoms with van der Waals surface area (Å²) >= 11 is 13.6.